The Hall–Kier alpha value is -6.70. The molecule has 4 aromatic carbocycles. The van der Waals surface area contributed by atoms with Gasteiger partial charge in [0.05, 0.1) is 12.8 Å². The molecule has 2 fully saturated rings. The van der Waals surface area contributed by atoms with Gasteiger partial charge in [0, 0.05) is 38.0 Å². The van der Waals surface area contributed by atoms with Crippen molar-refractivity contribution in [3.63, 3.8) is 0 Å². The number of carboxylic acid groups (broad SMARTS) is 1. The number of carbonyl (C=O) groups is 6. The molecule has 4 aromatic rings. The van der Waals surface area contributed by atoms with Gasteiger partial charge in [-0.25, -0.2) is 9.59 Å². The number of likely N-dealkylation sites (tertiary alicyclic amines) is 2. The van der Waals surface area contributed by atoms with E-state index in [4.69, 9.17) is 14.2 Å². The lowest BCUT2D eigenvalue weighted by Gasteiger charge is -2.39. The molecule has 2 heterocycles. The number of hydrogen-bond acceptors (Lipinski definition) is 9. The number of alkyl carbamates (subject to hydrolysis) is 2. The topological polar surface area (TPSA) is 181 Å². The SMILES string of the molecule is CC(C)(C)C1CCN(C(=O)[C@H](CC(=O)O)NC(=O)OCC2c3ccccc3-c3ccccc32)CC1.CC(C)(C)OC(=O)C[C@H](NC(=O)OCC1c2ccccc2-c2ccccc21)C(=O)N1CCC(C(C)(C)C)CC1. The normalized spacial score (nSPS) is 16.8. The van der Waals surface area contributed by atoms with Crippen LogP contribution in [0.1, 0.15) is 135 Å². The van der Waals surface area contributed by atoms with Crippen molar-refractivity contribution < 1.29 is 48.1 Å². The molecular weight excluding hydrogens is 937 g/mol. The maximum absolute atomic E-state index is 13.5. The first-order chi connectivity index (χ1) is 35.0. The Kier molecular flexibility index (Phi) is 17.3. The number of ether oxygens (including phenoxy) is 3. The molecular formula is C60H76N4O10. The molecule has 2 aliphatic carbocycles. The Morgan fingerprint density at radius 3 is 1.12 bits per heavy atom. The van der Waals surface area contributed by atoms with E-state index in [1.807, 2.05) is 60.7 Å². The third kappa shape index (κ3) is 13.7. The van der Waals surface area contributed by atoms with Crippen molar-refractivity contribution in [3.8, 4) is 22.3 Å². The second kappa shape index (κ2) is 23.2. The number of nitrogens with one attached hydrogen (secondary N) is 2. The number of nitrogens with zero attached hydrogens (tertiary/aromatic N) is 2. The molecule has 2 atom stereocenters. The zero-order chi connectivity index (χ0) is 53.5. The first-order valence-electron chi connectivity index (χ1n) is 26.2. The number of aliphatic carboxylic acids is 1. The molecule has 74 heavy (non-hydrogen) atoms. The van der Waals surface area contributed by atoms with Crippen molar-refractivity contribution in [2.24, 2.45) is 22.7 Å². The molecule has 3 N–H and O–H groups in total. The average molecular weight is 1010 g/mol. The van der Waals surface area contributed by atoms with Gasteiger partial charge >= 0.3 is 24.1 Å². The third-order valence-electron chi connectivity index (χ3n) is 15.1. The zero-order valence-electron chi connectivity index (χ0n) is 44.7. The fourth-order valence-corrected chi connectivity index (χ4v) is 11.1. The number of carboxylic acids is 1. The van der Waals surface area contributed by atoms with E-state index >= 15 is 0 Å². The van der Waals surface area contributed by atoms with Crippen LogP contribution in [0.3, 0.4) is 0 Å². The Bertz CT molecular complexity index is 2570. The number of rotatable bonds is 12. The van der Waals surface area contributed by atoms with Crippen LogP contribution in [-0.4, -0.2) is 108 Å². The monoisotopic (exact) mass is 1010 g/mol. The summed E-state index contributed by atoms with van der Waals surface area (Å²) in [4.78, 5) is 79.9. The van der Waals surface area contributed by atoms with E-state index in [2.05, 4.69) is 88.6 Å². The molecule has 2 saturated heterocycles. The lowest BCUT2D eigenvalue weighted by Crippen LogP contribution is -2.52. The van der Waals surface area contributed by atoms with Gasteiger partial charge in [-0.2, -0.15) is 0 Å². The highest BCUT2D eigenvalue weighted by Gasteiger charge is 2.38. The standard InChI is InChI=1S/C32H42N2O5.C28H34N2O5/c1-31(2,3)21-15-17-34(18-16-21)29(36)27(19-28(35)39-32(4,5)6)33-30(37)38-20-26-24-13-9-7-11-22(24)23-12-8-10-14-25(23)26;1-28(2,3)18-12-14-30(15-13-18)26(33)24(16-25(31)32)29-27(34)35-17-23-21-10-6-4-8-19(21)20-9-5-7-11-22(20)23/h7-14,21,26-27H,15-20H2,1-6H3,(H,33,37);4-11,18,23-24H,12-17H2,1-3H3,(H,29,34)(H,31,32)/t27-;24-/m00/s1. The van der Waals surface area contributed by atoms with Crippen molar-refractivity contribution in [3.05, 3.63) is 119 Å². The summed E-state index contributed by atoms with van der Waals surface area (Å²) in [6.07, 6.45) is 1.26. The number of esters is 1. The van der Waals surface area contributed by atoms with E-state index in [9.17, 15) is 33.9 Å². The van der Waals surface area contributed by atoms with Crippen molar-refractivity contribution in [2.75, 3.05) is 39.4 Å². The molecule has 4 amide bonds. The summed E-state index contributed by atoms with van der Waals surface area (Å²) in [6, 6.07) is 30.1. The highest BCUT2D eigenvalue weighted by molar-refractivity contribution is 5.91. The summed E-state index contributed by atoms with van der Waals surface area (Å²) >= 11 is 0. The summed E-state index contributed by atoms with van der Waals surface area (Å²) < 4.78 is 16.7. The van der Waals surface area contributed by atoms with Crippen molar-refractivity contribution in [1.29, 1.82) is 0 Å². The summed E-state index contributed by atoms with van der Waals surface area (Å²) in [6.45, 7) is 21.1. The number of piperidine rings is 2. The fraction of sp³-hybridized carbons (Fsp3) is 0.500. The molecule has 0 saturated carbocycles. The molecule has 2 aliphatic heterocycles. The van der Waals surface area contributed by atoms with E-state index in [0.29, 0.717) is 38.0 Å². The third-order valence-corrected chi connectivity index (χ3v) is 15.1. The molecule has 8 rings (SSSR count). The maximum Gasteiger partial charge on any atom is 0.407 e. The second-order valence-electron chi connectivity index (χ2n) is 23.4. The molecule has 4 aliphatic rings. The van der Waals surface area contributed by atoms with E-state index in [-0.39, 0.29) is 54.1 Å². The predicted molar refractivity (Wildman–Crippen MR) is 284 cm³/mol. The van der Waals surface area contributed by atoms with Crippen LogP contribution in [0.4, 0.5) is 9.59 Å². The summed E-state index contributed by atoms with van der Waals surface area (Å²) in [7, 11) is 0. The average Bonchev–Trinajstić information content (AvgIpc) is 3.85. The Morgan fingerprint density at radius 1 is 0.514 bits per heavy atom. The van der Waals surface area contributed by atoms with Gasteiger partial charge in [-0.3, -0.25) is 19.2 Å². The van der Waals surface area contributed by atoms with Crippen LogP contribution >= 0.6 is 0 Å². The van der Waals surface area contributed by atoms with Gasteiger partial charge in [0.1, 0.15) is 30.9 Å². The first-order valence-corrected chi connectivity index (χ1v) is 26.2. The van der Waals surface area contributed by atoms with Gasteiger partial charge < -0.3 is 39.8 Å². The van der Waals surface area contributed by atoms with Crippen LogP contribution < -0.4 is 10.6 Å². The van der Waals surface area contributed by atoms with Crippen LogP contribution in [0.5, 0.6) is 0 Å². The van der Waals surface area contributed by atoms with Gasteiger partial charge in [0.15, 0.2) is 0 Å². The maximum atomic E-state index is 13.5. The van der Waals surface area contributed by atoms with Crippen LogP contribution in [0.15, 0.2) is 97.1 Å². The van der Waals surface area contributed by atoms with Gasteiger partial charge in [-0.15, -0.1) is 0 Å². The zero-order valence-corrected chi connectivity index (χ0v) is 44.7. The van der Waals surface area contributed by atoms with Crippen LogP contribution in [0.2, 0.25) is 0 Å². The minimum Gasteiger partial charge on any atom is -0.481 e. The van der Waals surface area contributed by atoms with E-state index in [1.165, 1.54) is 0 Å². The molecule has 0 spiro atoms. The summed E-state index contributed by atoms with van der Waals surface area (Å²) in [5.74, 6) is -1.52. The number of carbonyl (C=O) groups excluding carboxylic acids is 5. The number of benzene rings is 4. The van der Waals surface area contributed by atoms with E-state index in [1.54, 1.807) is 30.6 Å². The van der Waals surface area contributed by atoms with Gasteiger partial charge in [0.25, 0.3) is 0 Å². The minimum atomic E-state index is -1.16. The van der Waals surface area contributed by atoms with Crippen molar-refractivity contribution >= 4 is 35.9 Å². The molecule has 14 heteroatoms. The molecule has 396 valence electrons. The predicted octanol–water partition coefficient (Wildman–Crippen LogP) is 10.6. The summed E-state index contributed by atoms with van der Waals surface area (Å²) in [5, 5.41) is 14.6. The molecule has 0 unspecified atom stereocenters. The minimum absolute atomic E-state index is 0.0976. The summed E-state index contributed by atoms with van der Waals surface area (Å²) in [5.41, 5.74) is 8.54. The molecule has 0 radical (unpaired) electrons. The Morgan fingerprint density at radius 2 is 0.824 bits per heavy atom. The van der Waals surface area contributed by atoms with Gasteiger partial charge in [-0.05, 0) is 114 Å². The van der Waals surface area contributed by atoms with Crippen molar-refractivity contribution in [2.45, 2.75) is 130 Å². The van der Waals surface area contributed by atoms with Gasteiger partial charge in [-0.1, -0.05) is 139 Å². The van der Waals surface area contributed by atoms with E-state index < -0.39 is 48.2 Å². The molecule has 0 bridgehead atoms. The highest BCUT2D eigenvalue weighted by atomic mass is 16.6. The Balaban J connectivity index is 0.000000217. The van der Waals surface area contributed by atoms with Crippen LogP contribution in [-0.2, 0) is 33.4 Å². The second-order valence-corrected chi connectivity index (χ2v) is 23.4. The van der Waals surface area contributed by atoms with Crippen molar-refractivity contribution in [1.82, 2.24) is 20.4 Å². The quantitative estimate of drug-likeness (QED) is 0.0913. The number of fused-ring (bicyclic) bond motifs is 6. The first kappa shape index (κ1) is 55.1. The number of hydrogen-bond donors (Lipinski definition) is 3. The Labute approximate surface area is 436 Å². The smallest absolute Gasteiger partial charge is 0.407 e. The van der Waals surface area contributed by atoms with Crippen LogP contribution in [0.25, 0.3) is 22.3 Å². The molecule has 14 nitrogen and oxygen atoms in total. The lowest BCUT2D eigenvalue weighted by molar-refractivity contribution is -0.157. The molecule has 0 aromatic heterocycles. The number of amides is 4. The van der Waals surface area contributed by atoms with E-state index in [0.717, 1.165) is 70.2 Å². The largest absolute Gasteiger partial charge is 0.481 e. The highest BCUT2D eigenvalue weighted by Crippen LogP contribution is 2.46. The lowest BCUT2D eigenvalue weighted by atomic mass is 9.75. The fourth-order valence-electron chi connectivity index (χ4n) is 11.1. The van der Waals surface area contributed by atoms with Gasteiger partial charge in [0.2, 0.25) is 11.8 Å². The van der Waals surface area contributed by atoms with Crippen LogP contribution in [0, 0.1) is 22.7 Å².